The summed E-state index contributed by atoms with van der Waals surface area (Å²) in [5, 5.41) is 0. The second-order valence-electron chi connectivity index (χ2n) is 4.84. The Morgan fingerprint density at radius 3 is 2.53 bits per heavy atom. The SMILES string of the molecule is CC(C)(C)CCOc1ccc(F)cc1N. The van der Waals surface area contributed by atoms with Crippen LogP contribution in [0.15, 0.2) is 18.2 Å². The van der Waals surface area contributed by atoms with Gasteiger partial charge in [-0.25, -0.2) is 4.39 Å². The highest BCUT2D eigenvalue weighted by atomic mass is 19.1. The molecule has 0 unspecified atom stereocenters. The van der Waals surface area contributed by atoms with Crippen LogP contribution in [-0.4, -0.2) is 6.61 Å². The summed E-state index contributed by atoms with van der Waals surface area (Å²) in [6, 6.07) is 4.18. The molecule has 0 aliphatic carbocycles. The molecule has 0 saturated carbocycles. The molecular formula is C12H18FNO. The Kier molecular flexibility index (Phi) is 3.56. The van der Waals surface area contributed by atoms with Gasteiger partial charge in [0.15, 0.2) is 0 Å². The molecule has 2 N–H and O–H groups in total. The number of benzene rings is 1. The maximum Gasteiger partial charge on any atom is 0.142 e. The monoisotopic (exact) mass is 211 g/mol. The van der Waals surface area contributed by atoms with E-state index in [0.29, 0.717) is 18.0 Å². The fraction of sp³-hybridized carbons (Fsp3) is 0.500. The number of nitrogens with two attached hydrogens (primary N) is 1. The summed E-state index contributed by atoms with van der Waals surface area (Å²) in [6.45, 7) is 7.03. The lowest BCUT2D eigenvalue weighted by Gasteiger charge is -2.18. The van der Waals surface area contributed by atoms with E-state index in [2.05, 4.69) is 20.8 Å². The lowest BCUT2D eigenvalue weighted by atomic mass is 9.93. The van der Waals surface area contributed by atoms with E-state index < -0.39 is 0 Å². The number of anilines is 1. The van der Waals surface area contributed by atoms with Crippen LogP contribution in [0, 0.1) is 11.2 Å². The number of hydrogen-bond donors (Lipinski definition) is 1. The molecule has 0 heterocycles. The van der Waals surface area contributed by atoms with Crippen molar-refractivity contribution in [3.63, 3.8) is 0 Å². The zero-order valence-electron chi connectivity index (χ0n) is 9.51. The van der Waals surface area contributed by atoms with Gasteiger partial charge in [0.25, 0.3) is 0 Å². The molecule has 0 bridgehead atoms. The van der Waals surface area contributed by atoms with Crippen molar-refractivity contribution in [1.82, 2.24) is 0 Å². The third-order valence-corrected chi connectivity index (χ3v) is 2.08. The maximum absolute atomic E-state index is 12.7. The normalized spacial score (nSPS) is 11.5. The molecule has 0 atom stereocenters. The molecule has 1 aromatic carbocycles. The van der Waals surface area contributed by atoms with Gasteiger partial charge in [-0.15, -0.1) is 0 Å². The second kappa shape index (κ2) is 4.51. The molecule has 0 saturated heterocycles. The Morgan fingerprint density at radius 2 is 2.00 bits per heavy atom. The van der Waals surface area contributed by atoms with Crippen LogP contribution in [0.3, 0.4) is 0 Å². The number of halogens is 1. The van der Waals surface area contributed by atoms with Gasteiger partial charge in [-0.05, 0) is 24.0 Å². The van der Waals surface area contributed by atoms with Crippen molar-refractivity contribution in [2.24, 2.45) is 5.41 Å². The predicted octanol–water partition coefficient (Wildman–Crippen LogP) is 3.22. The molecule has 0 aliphatic heterocycles. The first kappa shape index (κ1) is 11.8. The summed E-state index contributed by atoms with van der Waals surface area (Å²) < 4.78 is 18.2. The standard InChI is InChI=1S/C12H18FNO/c1-12(2,3)6-7-15-11-5-4-9(13)8-10(11)14/h4-5,8H,6-7,14H2,1-3H3. The van der Waals surface area contributed by atoms with Gasteiger partial charge >= 0.3 is 0 Å². The van der Waals surface area contributed by atoms with E-state index in [9.17, 15) is 4.39 Å². The molecule has 1 aromatic rings. The Labute approximate surface area is 90.2 Å². The number of rotatable bonds is 3. The molecule has 2 nitrogen and oxygen atoms in total. The highest BCUT2D eigenvalue weighted by Gasteiger charge is 2.10. The topological polar surface area (TPSA) is 35.2 Å². The van der Waals surface area contributed by atoms with Gasteiger partial charge < -0.3 is 10.5 Å². The second-order valence-corrected chi connectivity index (χ2v) is 4.84. The van der Waals surface area contributed by atoms with Gasteiger partial charge in [-0.1, -0.05) is 20.8 Å². The lowest BCUT2D eigenvalue weighted by Crippen LogP contribution is -2.11. The van der Waals surface area contributed by atoms with E-state index in [-0.39, 0.29) is 11.2 Å². The molecule has 0 aromatic heterocycles. The Bertz CT molecular complexity index is 331. The van der Waals surface area contributed by atoms with Crippen molar-refractivity contribution in [1.29, 1.82) is 0 Å². The van der Waals surface area contributed by atoms with E-state index in [1.54, 1.807) is 6.07 Å². The molecule has 84 valence electrons. The van der Waals surface area contributed by atoms with Gasteiger partial charge in [-0.2, -0.15) is 0 Å². The highest BCUT2D eigenvalue weighted by Crippen LogP contribution is 2.24. The minimum absolute atomic E-state index is 0.231. The summed E-state index contributed by atoms with van der Waals surface area (Å²) in [7, 11) is 0. The highest BCUT2D eigenvalue weighted by molar-refractivity contribution is 5.52. The first-order chi connectivity index (χ1) is 6.88. The van der Waals surface area contributed by atoms with Crippen molar-refractivity contribution in [2.45, 2.75) is 27.2 Å². The minimum Gasteiger partial charge on any atom is -0.491 e. The molecule has 1 rings (SSSR count). The fourth-order valence-electron chi connectivity index (χ4n) is 1.12. The van der Waals surface area contributed by atoms with Gasteiger partial charge in [0.2, 0.25) is 0 Å². The average Bonchev–Trinajstić information content (AvgIpc) is 2.07. The van der Waals surface area contributed by atoms with Crippen molar-refractivity contribution < 1.29 is 9.13 Å². The van der Waals surface area contributed by atoms with Crippen molar-refractivity contribution in [3.05, 3.63) is 24.0 Å². The van der Waals surface area contributed by atoms with Crippen molar-refractivity contribution in [2.75, 3.05) is 12.3 Å². The van der Waals surface area contributed by atoms with Crippen LogP contribution in [0.2, 0.25) is 0 Å². The Balaban J connectivity index is 2.51. The van der Waals surface area contributed by atoms with Gasteiger partial charge in [0.05, 0.1) is 12.3 Å². The minimum atomic E-state index is -0.337. The molecule has 0 amide bonds. The van der Waals surface area contributed by atoms with Crippen LogP contribution in [-0.2, 0) is 0 Å². The predicted molar refractivity (Wildman–Crippen MR) is 60.4 cm³/mol. The number of nitrogen functional groups attached to an aromatic ring is 1. The van der Waals surface area contributed by atoms with Gasteiger partial charge in [0, 0.05) is 6.07 Å². The van der Waals surface area contributed by atoms with E-state index in [1.165, 1.54) is 12.1 Å². The molecule has 15 heavy (non-hydrogen) atoms. The average molecular weight is 211 g/mol. The summed E-state index contributed by atoms with van der Waals surface area (Å²) in [5.74, 6) is 0.219. The lowest BCUT2D eigenvalue weighted by molar-refractivity contribution is 0.244. The van der Waals surface area contributed by atoms with Gasteiger partial charge in [-0.3, -0.25) is 0 Å². The molecule has 0 radical (unpaired) electrons. The molecular weight excluding hydrogens is 193 g/mol. The number of hydrogen-bond acceptors (Lipinski definition) is 2. The summed E-state index contributed by atoms with van der Waals surface area (Å²) in [4.78, 5) is 0. The molecule has 0 aliphatic rings. The Morgan fingerprint density at radius 1 is 1.33 bits per heavy atom. The molecule has 0 spiro atoms. The number of ether oxygens (including phenoxy) is 1. The first-order valence-electron chi connectivity index (χ1n) is 5.06. The van der Waals surface area contributed by atoms with Crippen molar-refractivity contribution >= 4 is 5.69 Å². The quantitative estimate of drug-likeness (QED) is 0.779. The van der Waals surface area contributed by atoms with E-state index >= 15 is 0 Å². The van der Waals surface area contributed by atoms with Crippen LogP contribution in [0.1, 0.15) is 27.2 Å². The largest absolute Gasteiger partial charge is 0.491 e. The van der Waals surface area contributed by atoms with Crippen LogP contribution in [0.4, 0.5) is 10.1 Å². The smallest absolute Gasteiger partial charge is 0.142 e. The zero-order valence-corrected chi connectivity index (χ0v) is 9.51. The first-order valence-corrected chi connectivity index (χ1v) is 5.06. The van der Waals surface area contributed by atoms with Crippen LogP contribution >= 0.6 is 0 Å². The maximum atomic E-state index is 12.7. The van der Waals surface area contributed by atoms with E-state index in [1.807, 2.05) is 0 Å². The van der Waals surface area contributed by atoms with E-state index in [4.69, 9.17) is 10.5 Å². The summed E-state index contributed by atoms with van der Waals surface area (Å²) in [6.07, 6.45) is 0.934. The fourth-order valence-corrected chi connectivity index (χ4v) is 1.12. The van der Waals surface area contributed by atoms with Crippen molar-refractivity contribution in [3.8, 4) is 5.75 Å². The van der Waals surface area contributed by atoms with Gasteiger partial charge in [0.1, 0.15) is 11.6 Å². The summed E-state index contributed by atoms with van der Waals surface area (Å²) >= 11 is 0. The third-order valence-electron chi connectivity index (χ3n) is 2.08. The summed E-state index contributed by atoms with van der Waals surface area (Å²) in [5.41, 5.74) is 6.19. The van der Waals surface area contributed by atoms with Crippen LogP contribution < -0.4 is 10.5 Å². The molecule has 3 heteroatoms. The van der Waals surface area contributed by atoms with Crippen LogP contribution in [0.25, 0.3) is 0 Å². The van der Waals surface area contributed by atoms with E-state index in [0.717, 1.165) is 6.42 Å². The molecule has 0 fully saturated rings. The zero-order chi connectivity index (χ0) is 11.5. The Hall–Kier alpha value is -1.25. The van der Waals surface area contributed by atoms with Crippen LogP contribution in [0.5, 0.6) is 5.75 Å². The third kappa shape index (κ3) is 4.19.